The lowest BCUT2D eigenvalue weighted by Gasteiger charge is -2.33. The molecule has 14 heteroatoms. The Morgan fingerprint density at radius 3 is 2.00 bits per heavy atom. The highest BCUT2D eigenvalue weighted by molar-refractivity contribution is 7.09. The van der Waals surface area contributed by atoms with Gasteiger partial charge in [0.2, 0.25) is 29.5 Å². The Kier molecular flexibility index (Phi) is 12.5. The van der Waals surface area contributed by atoms with E-state index in [-0.39, 0.29) is 35.8 Å². The Bertz CT molecular complexity index is 1600. The second-order valence-electron chi connectivity index (χ2n) is 14.5. The largest absolute Gasteiger partial charge is 0.345 e. The zero-order valence-electron chi connectivity index (χ0n) is 30.1. The summed E-state index contributed by atoms with van der Waals surface area (Å²) in [5.41, 5.74) is 0.925. The van der Waals surface area contributed by atoms with Crippen molar-refractivity contribution in [3.63, 3.8) is 0 Å². The van der Waals surface area contributed by atoms with Crippen LogP contribution in [0.3, 0.4) is 0 Å². The van der Waals surface area contributed by atoms with E-state index in [9.17, 15) is 28.8 Å². The Morgan fingerprint density at radius 1 is 0.804 bits per heavy atom. The molecule has 1 aromatic heterocycles. The molecule has 6 amide bonds. The van der Waals surface area contributed by atoms with Crippen molar-refractivity contribution in [1.82, 2.24) is 36.1 Å². The molecule has 13 nitrogen and oxygen atoms in total. The molecule has 276 valence electrons. The molecule has 3 aliphatic heterocycles. The van der Waals surface area contributed by atoms with Gasteiger partial charge in [-0.05, 0) is 56.4 Å². The number of thiazole rings is 1. The van der Waals surface area contributed by atoms with Gasteiger partial charge in [-0.15, -0.1) is 11.3 Å². The molecule has 2 aromatic rings. The normalized spacial score (nSPS) is 27.6. The first-order chi connectivity index (χ1) is 24.4. The van der Waals surface area contributed by atoms with E-state index in [2.05, 4.69) is 26.3 Å². The van der Waals surface area contributed by atoms with Crippen LogP contribution in [0, 0.1) is 11.8 Å². The molecule has 4 heterocycles. The quantitative estimate of drug-likeness (QED) is 0.356. The summed E-state index contributed by atoms with van der Waals surface area (Å²) in [6.45, 7) is 10.2. The molecule has 2 fully saturated rings. The fourth-order valence-corrected chi connectivity index (χ4v) is 8.10. The van der Waals surface area contributed by atoms with Crippen LogP contribution in [0.1, 0.15) is 100 Å². The van der Waals surface area contributed by atoms with Crippen LogP contribution in [-0.2, 0) is 30.4 Å². The van der Waals surface area contributed by atoms with Gasteiger partial charge in [0.05, 0.1) is 6.04 Å². The monoisotopic (exact) mass is 721 g/mol. The zero-order chi connectivity index (χ0) is 36.8. The molecule has 51 heavy (non-hydrogen) atoms. The number of benzene rings is 1. The van der Waals surface area contributed by atoms with Crippen LogP contribution >= 0.6 is 11.3 Å². The van der Waals surface area contributed by atoms with E-state index in [4.69, 9.17) is 0 Å². The van der Waals surface area contributed by atoms with Crippen molar-refractivity contribution >= 4 is 46.8 Å². The first kappa shape index (κ1) is 37.9. The average Bonchev–Trinajstić information content (AvgIpc) is 3.90. The lowest BCUT2D eigenvalue weighted by Crippen LogP contribution is -2.59. The molecule has 3 aliphatic rings. The molecule has 0 saturated carbocycles. The van der Waals surface area contributed by atoms with E-state index in [1.165, 1.54) is 23.2 Å². The average molecular weight is 722 g/mol. The molecule has 7 atom stereocenters. The number of hydrogen-bond donors (Lipinski definition) is 4. The van der Waals surface area contributed by atoms with Gasteiger partial charge in [-0.2, -0.15) is 0 Å². The van der Waals surface area contributed by atoms with Gasteiger partial charge in [0.15, 0.2) is 0 Å². The third-order valence-electron chi connectivity index (χ3n) is 10.2. The van der Waals surface area contributed by atoms with Crippen LogP contribution in [0.2, 0.25) is 0 Å². The lowest BCUT2D eigenvalue weighted by atomic mass is 9.98. The predicted octanol–water partition coefficient (Wildman–Crippen LogP) is 2.72. The predicted molar refractivity (Wildman–Crippen MR) is 192 cm³/mol. The van der Waals surface area contributed by atoms with Crippen LogP contribution < -0.4 is 21.3 Å². The second-order valence-corrected chi connectivity index (χ2v) is 15.3. The Labute approximate surface area is 303 Å². The number of carbonyl (C=O) groups excluding carboxylic acids is 6. The van der Waals surface area contributed by atoms with Crippen molar-refractivity contribution in [2.24, 2.45) is 11.8 Å². The number of hydrogen-bond acceptors (Lipinski definition) is 8. The Balaban J connectivity index is 1.51. The summed E-state index contributed by atoms with van der Waals surface area (Å²) in [7, 11) is 0. The van der Waals surface area contributed by atoms with Crippen LogP contribution in [0.4, 0.5) is 0 Å². The number of nitrogens with one attached hydrogen (secondary N) is 4. The summed E-state index contributed by atoms with van der Waals surface area (Å²) in [6, 6.07) is 4.28. The molecule has 0 aliphatic carbocycles. The third-order valence-corrected chi connectivity index (χ3v) is 11.1. The number of amides is 6. The van der Waals surface area contributed by atoms with Crippen LogP contribution in [0.15, 0.2) is 35.7 Å². The summed E-state index contributed by atoms with van der Waals surface area (Å²) < 4.78 is 0. The highest BCUT2D eigenvalue weighted by Crippen LogP contribution is 2.29. The topological polar surface area (TPSA) is 170 Å². The van der Waals surface area contributed by atoms with Crippen LogP contribution in [-0.4, -0.2) is 93.5 Å². The van der Waals surface area contributed by atoms with E-state index in [1.807, 2.05) is 58.0 Å². The van der Waals surface area contributed by atoms with Crippen molar-refractivity contribution in [2.75, 3.05) is 13.1 Å². The highest BCUT2D eigenvalue weighted by atomic mass is 32.1. The van der Waals surface area contributed by atoms with Gasteiger partial charge in [0.25, 0.3) is 5.91 Å². The van der Waals surface area contributed by atoms with Gasteiger partial charge >= 0.3 is 0 Å². The molecular weight excluding hydrogens is 671 g/mol. The first-order valence-electron chi connectivity index (χ1n) is 18.2. The standard InChI is InChI=1S/C37H51N7O6S/c1-6-22(4)30-35-41-27(20-51-35)32(46)38-23(5)31(45)39-26(19-24-12-8-7-9-13-24)37(50)43-16-10-14-28(43)33(47)40-25(18-21(2)3)36(49)44-17-11-15-29(44)34(48)42-30/h7-9,12-13,20-23,25-26,28-30H,6,10-11,14-19H2,1-5H3,(H,38,46)(H,39,45)(H,40,47)(H,42,48)/t22-,23-,25-,26-,28-,29-,30-/m0/s1. The maximum Gasteiger partial charge on any atom is 0.271 e. The maximum atomic E-state index is 14.2. The van der Waals surface area contributed by atoms with Crippen molar-refractivity contribution in [2.45, 2.75) is 116 Å². The molecule has 2 bridgehead atoms. The second kappa shape index (κ2) is 16.8. The van der Waals surface area contributed by atoms with Crippen LogP contribution in [0.25, 0.3) is 0 Å². The minimum Gasteiger partial charge on any atom is -0.345 e. The van der Waals surface area contributed by atoms with Crippen molar-refractivity contribution < 1.29 is 28.8 Å². The van der Waals surface area contributed by atoms with Crippen LogP contribution in [0.5, 0.6) is 0 Å². The number of rotatable bonds is 6. The minimum atomic E-state index is -1.01. The SMILES string of the molecule is CC[C@H](C)[C@@H]1NC(=O)[C@@H]2CCCN2C(=O)[C@H](CC(C)C)NC(=O)[C@@H]2CCCN2C(=O)[C@H](Cc2ccccc2)NC(=O)[C@H](C)NC(=O)c2csc1n2. The highest BCUT2D eigenvalue weighted by Gasteiger charge is 2.42. The van der Waals surface area contributed by atoms with Crippen molar-refractivity contribution in [3.8, 4) is 0 Å². The summed E-state index contributed by atoms with van der Waals surface area (Å²) in [6.07, 6.45) is 3.35. The fraction of sp³-hybridized carbons (Fsp3) is 0.595. The smallest absolute Gasteiger partial charge is 0.271 e. The van der Waals surface area contributed by atoms with E-state index in [1.54, 1.807) is 10.3 Å². The minimum absolute atomic E-state index is 0.0331. The molecule has 0 radical (unpaired) electrons. The third kappa shape index (κ3) is 8.95. The van der Waals surface area contributed by atoms with E-state index >= 15 is 0 Å². The number of fused-ring (bicyclic) bond motifs is 4. The summed E-state index contributed by atoms with van der Waals surface area (Å²) >= 11 is 1.24. The fourth-order valence-electron chi connectivity index (χ4n) is 7.12. The van der Waals surface area contributed by atoms with E-state index < -0.39 is 59.9 Å². The lowest BCUT2D eigenvalue weighted by molar-refractivity contribution is -0.144. The molecular formula is C37H51N7O6S. The summed E-state index contributed by atoms with van der Waals surface area (Å²) in [4.78, 5) is 90.9. The number of carbonyl (C=O) groups is 6. The Hall–Kier alpha value is -4.33. The van der Waals surface area contributed by atoms with Gasteiger partial charge in [-0.1, -0.05) is 64.4 Å². The molecule has 0 unspecified atom stereocenters. The van der Waals surface area contributed by atoms with E-state index in [0.29, 0.717) is 50.2 Å². The number of aromatic nitrogens is 1. The molecule has 0 spiro atoms. The molecule has 1 aromatic carbocycles. The van der Waals surface area contributed by atoms with Crippen molar-refractivity contribution in [3.05, 3.63) is 52.0 Å². The molecule has 5 rings (SSSR count). The maximum absolute atomic E-state index is 14.2. The van der Waals surface area contributed by atoms with Gasteiger partial charge < -0.3 is 31.1 Å². The zero-order valence-corrected chi connectivity index (χ0v) is 31.0. The van der Waals surface area contributed by atoms with Crippen molar-refractivity contribution in [1.29, 1.82) is 0 Å². The van der Waals surface area contributed by atoms with Gasteiger partial charge in [0, 0.05) is 24.9 Å². The molecule has 4 N–H and O–H groups in total. The number of nitrogens with zero attached hydrogens (tertiary/aromatic N) is 3. The summed E-state index contributed by atoms with van der Waals surface area (Å²) in [5, 5.41) is 13.8. The van der Waals surface area contributed by atoms with Gasteiger partial charge in [0.1, 0.15) is 40.9 Å². The first-order valence-corrected chi connectivity index (χ1v) is 19.1. The molecule has 2 saturated heterocycles. The van der Waals surface area contributed by atoms with Gasteiger partial charge in [-0.25, -0.2) is 4.98 Å². The summed E-state index contributed by atoms with van der Waals surface area (Å²) in [5.74, 6) is -2.59. The Morgan fingerprint density at radius 2 is 1.39 bits per heavy atom. The van der Waals surface area contributed by atoms with E-state index in [0.717, 1.165) is 12.0 Å². The van der Waals surface area contributed by atoms with Gasteiger partial charge in [-0.3, -0.25) is 28.8 Å².